The van der Waals surface area contributed by atoms with Crippen LogP contribution in [0.2, 0.25) is 0 Å². The Balaban J connectivity index is 2.45. The van der Waals surface area contributed by atoms with Crippen molar-refractivity contribution in [3.05, 3.63) is 24.0 Å². The summed E-state index contributed by atoms with van der Waals surface area (Å²) in [5, 5.41) is 2.77. The smallest absolute Gasteiger partial charge is 0.132 e. The maximum atomic E-state index is 10.00. The van der Waals surface area contributed by atoms with E-state index in [2.05, 4.69) is 14.5 Å². The quantitative estimate of drug-likeness (QED) is 0.569. The highest BCUT2D eigenvalue weighted by Crippen LogP contribution is 2.09. The molecule has 0 aliphatic carbocycles. The van der Waals surface area contributed by atoms with Crippen molar-refractivity contribution >= 4 is 17.0 Å². The Hall–Kier alpha value is -0.980. The van der Waals surface area contributed by atoms with Gasteiger partial charge in [0, 0.05) is 6.20 Å². The van der Waals surface area contributed by atoms with Crippen molar-refractivity contribution in [2.75, 3.05) is 12.0 Å². The van der Waals surface area contributed by atoms with E-state index < -0.39 is 11.4 Å². The number of anilines is 1. The molecule has 1 unspecified atom stereocenters. The van der Waals surface area contributed by atoms with Crippen molar-refractivity contribution < 1.29 is 12.9 Å². The number of hydrogen-bond acceptors (Lipinski definition) is 5. The van der Waals surface area contributed by atoms with Crippen molar-refractivity contribution in [2.24, 2.45) is 0 Å². The van der Waals surface area contributed by atoms with Gasteiger partial charge in [-0.15, -0.1) is 0 Å². The van der Waals surface area contributed by atoms with Crippen molar-refractivity contribution in [3.8, 4) is 0 Å². The molecule has 0 fully saturated rings. The molecule has 1 rings (SSSR count). The monoisotopic (exact) mass is 201 g/mol. The maximum absolute atomic E-state index is 10.00. The molecular formula is C7H9N2O3S-. The third-order valence-corrected chi connectivity index (χ3v) is 1.74. The third kappa shape index (κ3) is 3.49. The zero-order valence-corrected chi connectivity index (χ0v) is 7.84. The van der Waals surface area contributed by atoms with Gasteiger partial charge in [0.15, 0.2) is 0 Å². The lowest BCUT2D eigenvalue weighted by atomic mass is 10.3. The molecule has 1 aromatic heterocycles. The van der Waals surface area contributed by atoms with E-state index in [4.69, 9.17) is 0 Å². The van der Waals surface area contributed by atoms with Crippen LogP contribution in [0.1, 0.15) is 5.69 Å². The fraction of sp³-hybridized carbons (Fsp3) is 0.286. The molecule has 0 aromatic carbocycles. The highest BCUT2D eigenvalue weighted by molar-refractivity contribution is 7.74. The van der Waals surface area contributed by atoms with Gasteiger partial charge in [-0.1, -0.05) is 0 Å². The maximum Gasteiger partial charge on any atom is 0.132 e. The number of pyridine rings is 1. The van der Waals surface area contributed by atoms with Crippen molar-refractivity contribution in [1.82, 2.24) is 4.98 Å². The lowest BCUT2D eigenvalue weighted by molar-refractivity contribution is 0.322. The highest BCUT2D eigenvalue weighted by Gasteiger charge is 1.95. The molecular weight excluding hydrogens is 192 g/mol. The number of nitrogens with zero attached hydrogens (tertiary/aromatic N) is 1. The molecule has 0 radical (unpaired) electrons. The molecule has 0 saturated heterocycles. The van der Waals surface area contributed by atoms with Crippen LogP contribution in [-0.4, -0.2) is 20.5 Å². The summed E-state index contributed by atoms with van der Waals surface area (Å²) >= 11 is -2.48. The number of nitrogens with one attached hydrogen (secondary N) is 1. The van der Waals surface area contributed by atoms with E-state index in [9.17, 15) is 8.76 Å². The van der Waals surface area contributed by atoms with Crippen molar-refractivity contribution in [2.45, 2.75) is 6.92 Å². The fourth-order valence-electron chi connectivity index (χ4n) is 0.826. The molecule has 0 amide bonds. The van der Waals surface area contributed by atoms with E-state index in [0.717, 1.165) is 11.4 Å². The molecule has 13 heavy (non-hydrogen) atoms. The molecule has 1 N–H and O–H groups in total. The Labute approximate surface area is 78.6 Å². The van der Waals surface area contributed by atoms with Gasteiger partial charge in [0.05, 0.1) is 22.7 Å². The van der Waals surface area contributed by atoms with Crippen LogP contribution in [0.25, 0.3) is 0 Å². The van der Waals surface area contributed by atoms with Gasteiger partial charge in [-0.2, -0.15) is 0 Å². The molecule has 5 nitrogen and oxygen atoms in total. The molecule has 72 valence electrons. The summed E-state index contributed by atoms with van der Waals surface area (Å²) in [6, 6.07) is 3.54. The SMILES string of the molecule is Cc1ncccc1NCOS(=O)[O-]. The predicted molar refractivity (Wildman–Crippen MR) is 47.5 cm³/mol. The molecule has 1 heterocycles. The van der Waals surface area contributed by atoms with E-state index in [1.54, 1.807) is 18.3 Å². The number of hydrogen-bond donors (Lipinski definition) is 1. The van der Waals surface area contributed by atoms with Gasteiger partial charge in [-0.3, -0.25) is 9.17 Å². The third-order valence-electron chi connectivity index (χ3n) is 1.42. The molecule has 6 heteroatoms. The van der Waals surface area contributed by atoms with Gasteiger partial charge in [-0.05, 0) is 19.1 Å². The first-order chi connectivity index (χ1) is 6.20. The minimum atomic E-state index is -2.48. The van der Waals surface area contributed by atoms with Gasteiger partial charge in [0.2, 0.25) is 0 Å². The summed E-state index contributed by atoms with van der Waals surface area (Å²) in [4.78, 5) is 4.00. The molecule has 0 bridgehead atoms. The molecule has 1 atom stereocenters. The van der Waals surface area contributed by atoms with E-state index >= 15 is 0 Å². The van der Waals surface area contributed by atoms with E-state index in [1.807, 2.05) is 6.92 Å². The van der Waals surface area contributed by atoms with Gasteiger partial charge in [-0.25, -0.2) is 4.21 Å². The van der Waals surface area contributed by atoms with Crippen LogP contribution in [0.15, 0.2) is 18.3 Å². The van der Waals surface area contributed by atoms with E-state index in [-0.39, 0.29) is 6.73 Å². The summed E-state index contributed by atoms with van der Waals surface area (Å²) in [6.45, 7) is 1.74. The summed E-state index contributed by atoms with van der Waals surface area (Å²) in [7, 11) is 0. The molecule has 0 saturated carbocycles. The van der Waals surface area contributed by atoms with Crippen molar-refractivity contribution in [1.29, 1.82) is 0 Å². The first-order valence-electron chi connectivity index (χ1n) is 3.58. The average molecular weight is 201 g/mol. The van der Waals surface area contributed by atoms with Gasteiger partial charge in [0.25, 0.3) is 0 Å². The normalized spacial score (nSPS) is 12.5. The molecule has 0 aliphatic rings. The van der Waals surface area contributed by atoms with Gasteiger partial charge >= 0.3 is 0 Å². The standard InChI is InChI=1S/C7H10N2O3S/c1-6-7(3-2-4-8-6)9-5-12-13(10)11/h2-4,9H,5H2,1H3,(H,10,11)/p-1. The Morgan fingerprint density at radius 3 is 3.15 bits per heavy atom. The summed E-state index contributed by atoms with van der Waals surface area (Å²) in [6.07, 6.45) is 1.66. The van der Waals surface area contributed by atoms with Crippen LogP contribution in [0.4, 0.5) is 5.69 Å². The second-order valence-corrected chi connectivity index (χ2v) is 2.92. The topological polar surface area (TPSA) is 74.3 Å². The lowest BCUT2D eigenvalue weighted by Crippen LogP contribution is -2.08. The Morgan fingerprint density at radius 1 is 1.77 bits per heavy atom. The number of aromatic nitrogens is 1. The molecule has 0 aliphatic heterocycles. The average Bonchev–Trinajstić information content (AvgIpc) is 2.08. The second kappa shape index (κ2) is 4.90. The van der Waals surface area contributed by atoms with Crippen LogP contribution in [0.3, 0.4) is 0 Å². The molecule has 0 spiro atoms. The summed E-state index contributed by atoms with van der Waals surface area (Å²) < 4.78 is 24.3. The van der Waals surface area contributed by atoms with E-state index in [1.165, 1.54) is 0 Å². The van der Waals surface area contributed by atoms with Crippen LogP contribution >= 0.6 is 0 Å². The van der Waals surface area contributed by atoms with E-state index in [0.29, 0.717) is 0 Å². The highest BCUT2D eigenvalue weighted by atomic mass is 32.2. The number of aryl methyl sites for hydroxylation is 1. The Bertz CT molecular complexity index is 306. The molecule has 1 aromatic rings. The fourth-order valence-corrected chi connectivity index (χ4v) is 0.982. The first kappa shape index (κ1) is 10.1. The zero-order chi connectivity index (χ0) is 9.68. The van der Waals surface area contributed by atoms with Crippen LogP contribution in [-0.2, 0) is 15.5 Å². The zero-order valence-electron chi connectivity index (χ0n) is 7.02. The summed E-state index contributed by atoms with van der Waals surface area (Å²) in [5.74, 6) is 0. The second-order valence-electron chi connectivity index (χ2n) is 2.28. The Kier molecular flexibility index (Phi) is 3.81. The summed E-state index contributed by atoms with van der Waals surface area (Å²) in [5.41, 5.74) is 1.55. The first-order valence-corrected chi connectivity index (χ1v) is 4.58. The van der Waals surface area contributed by atoms with Crippen LogP contribution in [0.5, 0.6) is 0 Å². The predicted octanol–water partition coefficient (Wildman–Crippen LogP) is 0.570. The van der Waals surface area contributed by atoms with Gasteiger partial charge < -0.3 is 9.87 Å². The minimum Gasteiger partial charge on any atom is -0.750 e. The van der Waals surface area contributed by atoms with Gasteiger partial charge in [0.1, 0.15) is 6.73 Å². The van der Waals surface area contributed by atoms with Crippen LogP contribution < -0.4 is 5.32 Å². The Morgan fingerprint density at radius 2 is 2.54 bits per heavy atom. The minimum absolute atomic E-state index is 0.0807. The van der Waals surface area contributed by atoms with Crippen LogP contribution in [0, 0.1) is 6.92 Å². The van der Waals surface area contributed by atoms with Crippen molar-refractivity contribution in [3.63, 3.8) is 0 Å². The number of rotatable bonds is 4. The lowest BCUT2D eigenvalue weighted by Gasteiger charge is -2.09. The largest absolute Gasteiger partial charge is 0.750 e.